The first kappa shape index (κ1) is 47.7. The molecule has 0 saturated carbocycles. The molecule has 1 aliphatic heterocycles. The molecule has 0 nitrogen and oxygen atoms in total. The summed E-state index contributed by atoms with van der Waals surface area (Å²) >= 11 is -0.826. The largest absolute Gasteiger partial charge is 0.184 e. The molecule has 62 heavy (non-hydrogen) atoms. The maximum Gasteiger partial charge on any atom is 0.0920 e. The van der Waals surface area contributed by atoms with E-state index < -0.39 is 20.8 Å². The third kappa shape index (κ3) is 11.1. The van der Waals surface area contributed by atoms with Gasteiger partial charge in [-0.25, -0.2) is 0 Å². The van der Waals surface area contributed by atoms with Crippen LogP contribution < -0.4 is 10.4 Å². The summed E-state index contributed by atoms with van der Waals surface area (Å²) in [7, 11) is 10.7. The van der Waals surface area contributed by atoms with Crippen LogP contribution >= 0.6 is 17.0 Å². The smallest absolute Gasteiger partial charge is 0.0920 e. The molecule has 0 amide bonds. The van der Waals surface area contributed by atoms with Crippen molar-refractivity contribution in [2.45, 2.75) is 107 Å². The van der Waals surface area contributed by atoms with Crippen molar-refractivity contribution in [3.05, 3.63) is 178 Å². The predicted octanol–water partition coefficient (Wildman–Crippen LogP) is 15.9. The molecule has 0 aliphatic carbocycles. The quantitative estimate of drug-likeness (QED) is 0.122. The second-order valence-corrected chi connectivity index (χ2v) is 23.9. The van der Waals surface area contributed by atoms with Crippen LogP contribution in [-0.2, 0) is 44.5 Å². The van der Waals surface area contributed by atoms with E-state index >= 15 is 0 Å². The second-order valence-electron chi connectivity index (χ2n) is 18.9. The minimum atomic E-state index is -0.826. The van der Waals surface area contributed by atoms with Gasteiger partial charge in [-0.3, -0.25) is 0 Å². The van der Waals surface area contributed by atoms with Crippen molar-refractivity contribution in [1.29, 1.82) is 0 Å². The van der Waals surface area contributed by atoms with Gasteiger partial charge in [-0.05, 0) is 62.5 Å². The molecule has 0 N–H and O–H groups in total. The van der Waals surface area contributed by atoms with Gasteiger partial charge in [0.2, 0.25) is 0 Å². The van der Waals surface area contributed by atoms with Crippen LogP contribution in [0.4, 0.5) is 0 Å². The van der Waals surface area contributed by atoms with Gasteiger partial charge in [-0.15, -0.1) is 74.6 Å². The molecule has 8 aromatic carbocycles. The Kier molecular flexibility index (Phi) is 15.7. The van der Waals surface area contributed by atoms with Gasteiger partial charge in [0.1, 0.15) is 0 Å². The van der Waals surface area contributed by atoms with E-state index in [1.165, 1.54) is 110 Å². The molecular weight excluding hydrogens is 887 g/mol. The standard InChI is InChI=1S/2C23H27.C12H7Si.2ClH.Zr/c2*1-7-17-8-9-18-13-20(23(4,5)6)14-21(18)22(17)19-11-15(2)10-16(3)12-19;1-3-7-11-9(5-1)10-6-2-4-8-12(10)13-11;;;/h2*8-14H,7H2,1-6H3;1-7H;2*1H;/q3*-1;;;+2/p-2. The van der Waals surface area contributed by atoms with Crippen LogP contribution in [0, 0.1) is 33.8 Å². The van der Waals surface area contributed by atoms with Crippen LogP contribution in [-0.4, -0.2) is 9.52 Å². The van der Waals surface area contributed by atoms with E-state index in [1.54, 1.807) is 0 Å². The van der Waals surface area contributed by atoms with Crippen molar-refractivity contribution in [3.8, 4) is 33.4 Å². The van der Waals surface area contributed by atoms with Crippen molar-refractivity contribution in [3.63, 3.8) is 0 Å². The van der Waals surface area contributed by atoms with Gasteiger partial charge in [0.15, 0.2) is 0 Å². The summed E-state index contributed by atoms with van der Waals surface area (Å²) in [5.41, 5.74) is 19.8. The van der Waals surface area contributed by atoms with Crippen molar-refractivity contribution < 1.29 is 20.8 Å². The fourth-order valence-corrected chi connectivity index (χ4v) is 10.1. The number of halogens is 2. The molecule has 318 valence electrons. The number of fused-ring (bicyclic) bond motifs is 5. The zero-order chi connectivity index (χ0) is 44.9. The normalized spacial score (nSPS) is 11.8. The van der Waals surface area contributed by atoms with Crippen LogP contribution in [0.5, 0.6) is 0 Å². The van der Waals surface area contributed by atoms with E-state index in [4.69, 9.17) is 17.0 Å². The van der Waals surface area contributed by atoms with Crippen molar-refractivity contribution in [2.24, 2.45) is 0 Å². The summed E-state index contributed by atoms with van der Waals surface area (Å²) in [4.78, 5) is 0. The summed E-state index contributed by atoms with van der Waals surface area (Å²) in [6, 6.07) is 50.7. The molecule has 0 fully saturated rings. The molecule has 1 heterocycles. The number of hydrogen-bond donors (Lipinski definition) is 0. The summed E-state index contributed by atoms with van der Waals surface area (Å²) in [5.74, 6) is 0. The first-order valence-electron chi connectivity index (χ1n) is 21.9. The number of benzene rings is 6. The van der Waals surface area contributed by atoms with Crippen LogP contribution in [0.25, 0.3) is 54.9 Å². The summed E-state index contributed by atoms with van der Waals surface area (Å²) in [6.45, 7) is 27.0. The van der Waals surface area contributed by atoms with E-state index in [0.717, 1.165) is 22.4 Å². The Balaban J connectivity index is 0.000000155. The van der Waals surface area contributed by atoms with Crippen molar-refractivity contribution >= 4 is 58.5 Å². The van der Waals surface area contributed by atoms with Gasteiger partial charge < -0.3 is 0 Å². The van der Waals surface area contributed by atoms with Gasteiger partial charge in [0.05, 0.1) is 9.52 Å². The second kappa shape index (κ2) is 20.4. The average molecular weight is 948 g/mol. The Morgan fingerprint density at radius 1 is 0.548 bits per heavy atom. The molecule has 0 spiro atoms. The molecule has 8 aromatic rings. The van der Waals surface area contributed by atoms with E-state index in [2.05, 4.69) is 210 Å². The van der Waals surface area contributed by atoms with Crippen LogP contribution in [0.3, 0.4) is 0 Å². The minimum absolute atomic E-state index is 0.186. The van der Waals surface area contributed by atoms with E-state index in [1.807, 2.05) is 6.07 Å². The van der Waals surface area contributed by atoms with E-state index in [0.29, 0.717) is 0 Å². The Bertz CT molecular complexity index is 2570. The fraction of sp³-hybridized carbons (Fsp3) is 0.276. The first-order chi connectivity index (χ1) is 29.4. The molecule has 0 bridgehead atoms. The van der Waals surface area contributed by atoms with Gasteiger partial charge in [0, 0.05) is 0 Å². The van der Waals surface area contributed by atoms with Crippen molar-refractivity contribution in [2.75, 3.05) is 0 Å². The molecule has 9 rings (SSSR count). The van der Waals surface area contributed by atoms with Crippen LogP contribution in [0.1, 0.15) is 99.9 Å². The Morgan fingerprint density at radius 3 is 1.39 bits per heavy atom. The Morgan fingerprint density at radius 2 is 0.968 bits per heavy atom. The number of hydrogen-bond acceptors (Lipinski definition) is 0. The summed E-state index contributed by atoms with van der Waals surface area (Å²) in [6.07, 6.45) is 2.13. The third-order valence-corrected chi connectivity index (χ3v) is 13.2. The molecule has 1 aliphatic rings. The van der Waals surface area contributed by atoms with Gasteiger partial charge in [-0.2, -0.15) is 41.6 Å². The van der Waals surface area contributed by atoms with Gasteiger partial charge >= 0.3 is 37.9 Å². The maximum atomic E-state index is 4.93. The maximum absolute atomic E-state index is 4.93. The topological polar surface area (TPSA) is 0 Å². The van der Waals surface area contributed by atoms with E-state index in [9.17, 15) is 0 Å². The monoisotopic (exact) mass is 945 g/mol. The molecule has 0 saturated heterocycles. The van der Waals surface area contributed by atoms with Crippen molar-refractivity contribution in [1.82, 2.24) is 0 Å². The molecule has 0 aromatic heterocycles. The average Bonchev–Trinajstić information content (AvgIpc) is 3.96. The van der Waals surface area contributed by atoms with E-state index in [-0.39, 0.29) is 10.8 Å². The summed E-state index contributed by atoms with van der Waals surface area (Å²) < 4.78 is 0. The van der Waals surface area contributed by atoms with Crippen LogP contribution in [0.2, 0.25) is 0 Å². The molecular formula is C58H61Cl2SiZr-3. The Labute approximate surface area is 394 Å². The zero-order valence-electron chi connectivity index (χ0n) is 38.8. The zero-order valence-corrected chi connectivity index (χ0v) is 43.8. The minimum Gasteiger partial charge on any atom is -0.184 e. The Hall–Kier alpha value is -3.78. The van der Waals surface area contributed by atoms with Crippen LogP contribution in [0.15, 0.2) is 127 Å². The fourth-order valence-electron chi connectivity index (χ4n) is 8.76. The first-order valence-corrected chi connectivity index (χ1v) is 29.2. The SMILES string of the molecule is CCc1ccc2[cH-]c(C(C)(C)C)cc2c1-c1cc(C)cc(C)c1.CCc1ccc2[cH-]c(C(C)(C)C)cc2c1-c1cc(C)cc(C)c1.[Cl][Zr][Cl].[c-]1cccc2c1[Si]c1ccccc1-2. The van der Waals surface area contributed by atoms with Gasteiger partial charge in [-0.1, -0.05) is 171 Å². The molecule has 0 atom stereocenters. The summed E-state index contributed by atoms with van der Waals surface area (Å²) in [5, 5.41) is 8.35. The number of rotatable bonds is 4. The molecule has 0 unspecified atom stereocenters. The third-order valence-electron chi connectivity index (χ3n) is 11.8. The van der Waals surface area contributed by atoms with Gasteiger partial charge in [0.25, 0.3) is 0 Å². The predicted molar refractivity (Wildman–Crippen MR) is 272 cm³/mol. The number of aryl methyl sites for hydroxylation is 6. The molecule has 4 heteroatoms. The molecule has 2 radical (unpaired) electrons.